The molecule has 8 N–H and O–H groups in total. The van der Waals surface area contributed by atoms with E-state index in [0.29, 0.717) is 0 Å². The van der Waals surface area contributed by atoms with Crippen molar-refractivity contribution in [3.8, 4) is 34.5 Å². The molecule has 0 aliphatic carbocycles. The number of ketones is 1. The minimum absolute atomic E-state index is 0.0213. The number of carboxylic acid groups (broad SMARTS) is 1. The van der Waals surface area contributed by atoms with E-state index in [2.05, 4.69) is 0 Å². The van der Waals surface area contributed by atoms with Crippen LogP contribution < -0.4 is 0 Å². The number of phenolic OH excluding ortho intramolecular Hbond substituents is 6. The topological polar surface area (TPSA) is 230 Å². The van der Waals surface area contributed by atoms with Crippen molar-refractivity contribution in [1.82, 2.24) is 0 Å². The lowest BCUT2D eigenvalue weighted by Gasteiger charge is -2.05. The zero-order valence-electron chi connectivity index (χ0n) is 18.2. The predicted octanol–water partition coefficient (Wildman–Crippen LogP) is 3.51. The van der Waals surface area contributed by atoms with Gasteiger partial charge in [0.15, 0.2) is 5.78 Å². The summed E-state index contributed by atoms with van der Waals surface area (Å²) in [7, 11) is -5.84. The first-order valence-corrected chi connectivity index (χ1v) is 11.6. The van der Waals surface area contributed by atoms with Crippen molar-refractivity contribution in [3.63, 3.8) is 0 Å². The Bertz CT molecular complexity index is 1070. The molecule has 0 unspecified atom stereocenters. The van der Waals surface area contributed by atoms with Crippen LogP contribution in [0.5, 0.6) is 34.5 Å². The van der Waals surface area contributed by atoms with Crippen LogP contribution >= 0.6 is 23.2 Å². The van der Waals surface area contributed by atoms with Crippen LogP contribution in [-0.2, 0) is 14.9 Å². The van der Waals surface area contributed by atoms with Gasteiger partial charge >= 0.3 is 21.6 Å². The molecule has 0 atom stereocenters. The van der Waals surface area contributed by atoms with Crippen molar-refractivity contribution in [1.29, 1.82) is 0 Å². The first kappa shape index (κ1) is 35.8. The Morgan fingerprint density at radius 1 is 0.730 bits per heavy atom. The summed E-state index contributed by atoms with van der Waals surface area (Å²) in [6.07, 6.45) is 0.0784. The number of phenols is 6. The Hall–Kier alpha value is -3.34. The summed E-state index contributed by atoms with van der Waals surface area (Å²) in [5, 5.41) is 61.4. The standard InChI is InChI=1S/C9H9ClO4.C6H6O3.C3H5ClO2.CHF3O3S/c10-2-1-6(12)9-7(13)3-5(11)4-8(9)14;7-4-1-5(8)3-6(9)2-4;4-2-1-3(5)6;2-1(3,4)8(5,6)7/h3-4,11,13-14H,1-2H2;1-3,7-9H;1-2H2,(H,5,6);(H,5,6,7). The van der Waals surface area contributed by atoms with Gasteiger partial charge < -0.3 is 35.7 Å². The van der Waals surface area contributed by atoms with Gasteiger partial charge in [0.2, 0.25) is 0 Å². The molecule has 210 valence electrons. The SMILES string of the molecule is O=C(CCCl)c1c(O)cc(O)cc1O.O=C(O)CCCl.O=S(=O)(O)C(F)(F)F.Oc1cc(O)cc(O)c1. The number of alkyl halides is 5. The third kappa shape index (κ3) is 16.1. The van der Waals surface area contributed by atoms with Gasteiger partial charge in [-0.2, -0.15) is 21.6 Å². The van der Waals surface area contributed by atoms with Gasteiger partial charge in [0.1, 0.15) is 40.1 Å². The van der Waals surface area contributed by atoms with Gasteiger partial charge in [-0.25, -0.2) is 0 Å². The van der Waals surface area contributed by atoms with Gasteiger partial charge in [0.05, 0.1) is 6.42 Å². The summed E-state index contributed by atoms with van der Waals surface area (Å²) < 4.78 is 57.5. The minimum atomic E-state index is -5.84. The van der Waals surface area contributed by atoms with Crippen molar-refractivity contribution in [3.05, 3.63) is 35.9 Å². The zero-order chi connectivity index (χ0) is 29.6. The molecule has 0 saturated heterocycles. The predicted molar refractivity (Wildman–Crippen MR) is 123 cm³/mol. The maximum Gasteiger partial charge on any atom is 0.522 e. The molecule has 0 heterocycles. The summed E-state index contributed by atoms with van der Waals surface area (Å²) in [6, 6.07) is 5.39. The van der Waals surface area contributed by atoms with E-state index in [9.17, 15) is 33.0 Å². The molecular weight excluding hydrogens is 580 g/mol. The minimum Gasteiger partial charge on any atom is -0.508 e. The molecule has 0 aliphatic heterocycles. The lowest BCUT2D eigenvalue weighted by Crippen LogP contribution is -2.21. The van der Waals surface area contributed by atoms with Gasteiger partial charge in [-0.15, -0.1) is 23.2 Å². The van der Waals surface area contributed by atoms with Gasteiger partial charge in [-0.05, 0) is 0 Å². The number of carbonyl (C=O) groups is 2. The van der Waals surface area contributed by atoms with Crippen LogP contribution in [0.25, 0.3) is 0 Å². The summed E-state index contributed by atoms with van der Waals surface area (Å²) in [6.45, 7) is 0. The number of halogens is 5. The summed E-state index contributed by atoms with van der Waals surface area (Å²) in [5.74, 6) is -2.63. The summed E-state index contributed by atoms with van der Waals surface area (Å²) >= 11 is 10.4. The van der Waals surface area contributed by atoms with E-state index in [4.69, 9.17) is 61.7 Å². The third-order valence-electron chi connectivity index (χ3n) is 3.17. The molecular formula is C19H21Cl2F3O12S. The molecule has 0 aromatic heterocycles. The van der Waals surface area contributed by atoms with Crippen molar-refractivity contribution < 1.29 is 71.5 Å². The van der Waals surface area contributed by atoms with Gasteiger partial charge in [-0.1, -0.05) is 0 Å². The largest absolute Gasteiger partial charge is 0.522 e. The molecule has 0 spiro atoms. The van der Waals surface area contributed by atoms with Crippen molar-refractivity contribution in [2.75, 3.05) is 11.8 Å². The monoisotopic (exact) mass is 600 g/mol. The second kappa shape index (κ2) is 16.4. The number of hydrogen-bond acceptors (Lipinski definition) is 10. The van der Waals surface area contributed by atoms with Crippen molar-refractivity contribution in [2.24, 2.45) is 0 Å². The Kier molecular flexibility index (Phi) is 15.9. The first-order valence-electron chi connectivity index (χ1n) is 9.14. The highest BCUT2D eigenvalue weighted by molar-refractivity contribution is 7.86. The number of carboxylic acids is 1. The number of aliphatic carboxylic acids is 1. The molecule has 2 rings (SSSR count). The van der Waals surface area contributed by atoms with Crippen molar-refractivity contribution in [2.45, 2.75) is 18.3 Å². The molecule has 0 bridgehead atoms. The highest BCUT2D eigenvalue weighted by Gasteiger charge is 2.44. The molecule has 0 amide bonds. The van der Waals surface area contributed by atoms with Crippen LogP contribution in [0.2, 0.25) is 0 Å². The van der Waals surface area contributed by atoms with Crippen LogP contribution in [0.15, 0.2) is 30.3 Å². The van der Waals surface area contributed by atoms with E-state index >= 15 is 0 Å². The van der Waals surface area contributed by atoms with Crippen LogP contribution in [0.3, 0.4) is 0 Å². The molecule has 0 fully saturated rings. The molecule has 2 aromatic carbocycles. The number of benzene rings is 2. The van der Waals surface area contributed by atoms with E-state index in [1.165, 1.54) is 0 Å². The first-order chi connectivity index (χ1) is 16.8. The number of aromatic hydroxyl groups is 6. The Labute approximate surface area is 217 Å². The summed E-state index contributed by atoms with van der Waals surface area (Å²) in [5.41, 5.74) is -5.74. The van der Waals surface area contributed by atoms with Crippen LogP contribution in [0, 0.1) is 0 Å². The molecule has 2 aromatic rings. The maximum atomic E-state index is 11.3. The Morgan fingerprint density at radius 2 is 1.03 bits per heavy atom. The fraction of sp³-hybridized carbons (Fsp3) is 0.263. The zero-order valence-corrected chi connectivity index (χ0v) is 20.6. The van der Waals surface area contributed by atoms with Crippen LogP contribution in [0.1, 0.15) is 23.2 Å². The Balaban J connectivity index is 0. The van der Waals surface area contributed by atoms with Crippen LogP contribution in [-0.4, -0.2) is 77.7 Å². The number of hydrogen-bond donors (Lipinski definition) is 8. The smallest absolute Gasteiger partial charge is 0.508 e. The quantitative estimate of drug-likeness (QED) is 0.107. The normalized spacial score (nSPS) is 10.4. The molecule has 12 nitrogen and oxygen atoms in total. The number of rotatable bonds is 5. The second-order valence-electron chi connectivity index (χ2n) is 6.18. The van der Waals surface area contributed by atoms with E-state index in [1.54, 1.807) is 0 Å². The van der Waals surface area contributed by atoms with Gasteiger partial charge in [0, 0.05) is 48.5 Å². The van der Waals surface area contributed by atoms with E-state index in [0.717, 1.165) is 30.3 Å². The number of Topliss-reactive ketones (excluding diaryl/α,β-unsaturated/α-hetero) is 1. The van der Waals surface area contributed by atoms with Gasteiger partial charge in [0.25, 0.3) is 0 Å². The molecule has 0 saturated carbocycles. The molecule has 18 heteroatoms. The molecule has 0 aliphatic rings. The Morgan fingerprint density at radius 3 is 1.24 bits per heavy atom. The summed E-state index contributed by atoms with van der Waals surface area (Å²) in [4.78, 5) is 20.8. The van der Waals surface area contributed by atoms with Crippen molar-refractivity contribution >= 4 is 45.1 Å². The second-order valence-corrected chi connectivity index (χ2v) is 8.35. The molecule has 0 radical (unpaired) electrons. The fourth-order valence-electron chi connectivity index (χ4n) is 1.75. The average molecular weight is 601 g/mol. The fourth-order valence-corrected chi connectivity index (χ4v) is 2.09. The number of carbonyl (C=O) groups excluding carboxylic acids is 1. The highest BCUT2D eigenvalue weighted by Crippen LogP contribution is 2.32. The lowest BCUT2D eigenvalue weighted by atomic mass is 10.1. The van der Waals surface area contributed by atoms with Gasteiger partial charge in [-0.3, -0.25) is 14.1 Å². The average Bonchev–Trinajstić information content (AvgIpc) is 2.66. The highest BCUT2D eigenvalue weighted by atomic mass is 35.5. The van der Waals surface area contributed by atoms with E-state index in [1.807, 2.05) is 0 Å². The third-order valence-corrected chi connectivity index (χ3v) is 4.13. The molecule has 37 heavy (non-hydrogen) atoms. The maximum absolute atomic E-state index is 11.3. The van der Waals surface area contributed by atoms with E-state index in [-0.39, 0.29) is 53.2 Å². The lowest BCUT2D eigenvalue weighted by molar-refractivity contribution is -0.136. The van der Waals surface area contributed by atoms with Crippen LogP contribution in [0.4, 0.5) is 13.2 Å². The van der Waals surface area contributed by atoms with E-state index < -0.39 is 38.9 Å².